The second-order valence-electron chi connectivity index (χ2n) is 8.28. The van der Waals surface area contributed by atoms with Gasteiger partial charge in [0.25, 0.3) is 0 Å². The molecular formula is C21H28ClN5O3. The fourth-order valence-corrected chi connectivity index (χ4v) is 4.87. The Kier molecular flexibility index (Phi) is 6.43. The molecule has 3 unspecified atom stereocenters. The number of nitrogens with one attached hydrogen (secondary N) is 3. The van der Waals surface area contributed by atoms with Gasteiger partial charge in [-0.05, 0) is 43.9 Å². The number of nitrogens with zero attached hydrogens (tertiary/aromatic N) is 2. The molecule has 4 rings (SSSR count). The van der Waals surface area contributed by atoms with Crippen molar-refractivity contribution in [2.45, 2.75) is 50.2 Å². The maximum Gasteiger partial charge on any atom is 0.319 e. The summed E-state index contributed by atoms with van der Waals surface area (Å²) in [6.07, 6.45) is 3.95. The Morgan fingerprint density at radius 1 is 1.23 bits per heavy atom. The SMILES string of the molecule is O=C(Nc1cccc(Cl)c1)NC1CC2C(=O)NCC(CCC(=O)N3CCCC3)N2C1. The third-order valence-corrected chi connectivity index (χ3v) is 6.43. The third kappa shape index (κ3) is 4.87. The Labute approximate surface area is 181 Å². The van der Waals surface area contributed by atoms with Gasteiger partial charge >= 0.3 is 6.03 Å². The molecule has 0 saturated carbocycles. The average Bonchev–Trinajstić information content (AvgIpc) is 3.38. The molecule has 162 valence electrons. The van der Waals surface area contributed by atoms with Crippen LogP contribution in [0.2, 0.25) is 5.02 Å². The first-order valence-corrected chi connectivity index (χ1v) is 11.0. The van der Waals surface area contributed by atoms with E-state index in [1.165, 1.54) is 0 Å². The average molecular weight is 434 g/mol. The summed E-state index contributed by atoms with van der Waals surface area (Å²) < 4.78 is 0. The van der Waals surface area contributed by atoms with E-state index >= 15 is 0 Å². The van der Waals surface area contributed by atoms with Crippen molar-refractivity contribution in [3.63, 3.8) is 0 Å². The number of amides is 4. The molecule has 3 fully saturated rings. The van der Waals surface area contributed by atoms with Crippen LogP contribution in [0.3, 0.4) is 0 Å². The molecule has 3 saturated heterocycles. The molecule has 1 aromatic carbocycles. The number of likely N-dealkylation sites (tertiary alicyclic amines) is 1. The second kappa shape index (κ2) is 9.22. The molecule has 0 spiro atoms. The second-order valence-corrected chi connectivity index (χ2v) is 8.72. The molecule has 0 bridgehead atoms. The van der Waals surface area contributed by atoms with Crippen LogP contribution in [0.25, 0.3) is 0 Å². The van der Waals surface area contributed by atoms with Crippen molar-refractivity contribution in [1.82, 2.24) is 20.4 Å². The van der Waals surface area contributed by atoms with E-state index in [1.807, 2.05) is 4.90 Å². The van der Waals surface area contributed by atoms with Gasteiger partial charge in [0.05, 0.1) is 6.04 Å². The Bertz CT molecular complexity index is 814. The van der Waals surface area contributed by atoms with Crippen LogP contribution in [-0.2, 0) is 9.59 Å². The van der Waals surface area contributed by atoms with E-state index in [9.17, 15) is 14.4 Å². The number of anilines is 1. The van der Waals surface area contributed by atoms with Gasteiger partial charge < -0.3 is 20.9 Å². The van der Waals surface area contributed by atoms with E-state index in [1.54, 1.807) is 24.3 Å². The molecule has 3 N–H and O–H groups in total. The number of hydrogen-bond donors (Lipinski definition) is 3. The van der Waals surface area contributed by atoms with Crippen LogP contribution in [0.5, 0.6) is 0 Å². The lowest BCUT2D eigenvalue weighted by atomic mass is 10.0. The summed E-state index contributed by atoms with van der Waals surface area (Å²) in [5.74, 6) is 0.201. The number of piperazine rings is 1. The molecule has 9 heteroatoms. The van der Waals surface area contributed by atoms with E-state index in [4.69, 9.17) is 11.6 Å². The fourth-order valence-electron chi connectivity index (χ4n) is 4.68. The standard InChI is InChI=1S/C21H28ClN5O3/c22-14-4-3-5-15(10-14)24-21(30)25-16-11-18-20(29)23-12-17(27(18)13-16)6-7-19(28)26-8-1-2-9-26/h3-5,10,16-18H,1-2,6-9,11-13H2,(H,23,29)(H2,24,25,30). The van der Waals surface area contributed by atoms with Gasteiger partial charge in [-0.2, -0.15) is 0 Å². The highest BCUT2D eigenvalue weighted by Crippen LogP contribution is 2.26. The predicted molar refractivity (Wildman–Crippen MR) is 114 cm³/mol. The maximum atomic E-state index is 12.4. The Morgan fingerprint density at radius 2 is 2.03 bits per heavy atom. The predicted octanol–water partition coefficient (Wildman–Crippen LogP) is 1.81. The van der Waals surface area contributed by atoms with E-state index in [0.717, 1.165) is 25.9 Å². The number of carbonyl (C=O) groups is 3. The van der Waals surface area contributed by atoms with Crippen LogP contribution in [-0.4, -0.2) is 71.9 Å². The highest BCUT2D eigenvalue weighted by atomic mass is 35.5. The number of fused-ring (bicyclic) bond motifs is 1. The summed E-state index contributed by atoms with van der Waals surface area (Å²) in [6, 6.07) is 6.37. The summed E-state index contributed by atoms with van der Waals surface area (Å²) in [4.78, 5) is 41.2. The third-order valence-electron chi connectivity index (χ3n) is 6.19. The van der Waals surface area contributed by atoms with E-state index in [-0.39, 0.29) is 36.0 Å². The van der Waals surface area contributed by atoms with Crippen molar-refractivity contribution in [2.75, 3.05) is 31.5 Å². The fraction of sp³-hybridized carbons (Fsp3) is 0.571. The smallest absolute Gasteiger partial charge is 0.319 e. The molecular weight excluding hydrogens is 406 g/mol. The zero-order chi connectivity index (χ0) is 21.1. The first-order valence-electron chi connectivity index (χ1n) is 10.6. The molecule has 3 atom stereocenters. The molecule has 8 nitrogen and oxygen atoms in total. The molecule has 30 heavy (non-hydrogen) atoms. The molecule has 0 aromatic heterocycles. The minimum atomic E-state index is -0.316. The van der Waals surface area contributed by atoms with Crippen molar-refractivity contribution in [3.8, 4) is 0 Å². The molecule has 3 aliphatic rings. The van der Waals surface area contributed by atoms with Crippen LogP contribution in [0.1, 0.15) is 32.1 Å². The summed E-state index contributed by atoms with van der Waals surface area (Å²) in [5, 5.41) is 9.26. The van der Waals surface area contributed by atoms with Gasteiger partial charge in [-0.1, -0.05) is 17.7 Å². The van der Waals surface area contributed by atoms with Crippen molar-refractivity contribution in [1.29, 1.82) is 0 Å². The first-order chi connectivity index (χ1) is 14.5. The number of hydrogen-bond acceptors (Lipinski definition) is 4. The van der Waals surface area contributed by atoms with Crippen molar-refractivity contribution >= 4 is 35.1 Å². The zero-order valence-electron chi connectivity index (χ0n) is 16.9. The van der Waals surface area contributed by atoms with Gasteiger partial charge in [-0.25, -0.2) is 4.79 Å². The Balaban J connectivity index is 1.31. The lowest BCUT2D eigenvalue weighted by Crippen LogP contribution is -2.58. The lowest BCUT2D eigenvalue weighted by Gasteiger charge is -2.37. The van der Waals surface area contributed by atoms with Gasteiger partial charge in [-0.15, -0.1) is 0 Å². The van der Waals surface area contributed by atoms with Crippen LogP contribution in [0.15, 0.2) is 24.3 Å². The molecule has 0 radical (unpaired) electrons. The molecule has 1 aromatic rings. The summed E-state index contributed by atoms with van der Waals surface area (Å²) in [5.41, 5.74) is 0.617. The number of halogens is 1. The quantitative estimate of drug-likeness (QED) is 0.660. The normalized spacial score (nSPS) is 26.2. The van der Waals surface area contributed by atoms with Gasteiger partial charge in [0, 0.05) is 55.4 Å². The largest absolute Gasteiger partial charge is 0.353 e. The number of carbonyl (C=O) groups excluding carboxylic acids is 3. The van der Waals surface area contributed by atoms with E-state index < -0.39 is 0 Å². The number of urea groups is 1. The van der Waals surface area contributed by atoms with E-state index in [2.05, 4.69) is 20.9 Å². The summed E-state index contributed by atoms with van der Waals surface area (Å²) in [7, 11) is 0. The molecule has 4 amide bonds. The van der Waals surface area contributed by atoms with Gasteiger partial charge in [0.15, 0.2) is 0 Å². The number of benzene rings is 1. The van der Waals surface area contributed by atoms with Crippen LogP contribution < -0.4 is 16.0 Å². The summed E-state index contributed by atoms with van der Waals surface area (Å²) >= 11 is 5.96. The molecule has 3 heterocycles. The molecule has 0 aliphatic carbocycles. The topological polar surface area (TPSA) is 93.8 Å². The summed E-state index contributed by atoms with van der Waals surface area (Å²) in [6.45, 7) is 2.87. The molecule has 3 aliphatic heterocycles. The van der Waals surface area contributed by atoms with Crippen LogP contribution >= 0.6 is 11.6 Å². The lowest BCUT2D eigenvalue weighted by molar-refractivity contribution is -0.131. The van der Waals surface area contributed by atoms with Crippen LogP contribution in [0.4, 0.5) is 10.5 Å². The highest BCUT2D eigenvalue weighted by molar-refractivity contribution is 6.30. The van der Waals surface area contributed by atoms with Crippen molar-refractivity contribution in [2.24, 2.45) is 0 Å². The highest BCUT2D eigenvalue weighted by Gasteiger charge is 2.43. The van der Waals surface area contributed by atoms with E-state index in [0.29, 0.717) is 43.1 Å². The van der Waals surface area contributed by atoms with Crippen molar-refractivity contribution in [3.05, 3.63) is 29.3 Å². The minimum absolute atomic E-state index is 0.00308. The maximum absolute atomic E-state index is 12.4. The Hall–Kier alpha value is -2.32. The monoisotopic (exact) mass is 433 g/mol. The number of rotatable bonds is 5. The zero-order valence-corrected chi connectivity index (χ0v) is 17.7. The van der Waals surface area contributed by atoms with Crippen molar-refractivity contribution < 1.29 is 14.4 Å². The van der Waals surface area contributed by atoms with Gasteiger partial charge in [-0.3, -0.25) is 14.5 Å². The van der Waals surface area contributed by atoms with Gasteiger partial charge in [0.1, 0.15) is 0 Å². The van der Waals surface area contributed by atoms with Gasteiger partial charge in [0.2, 0.25) is 11.8 Å². The Morgan fingerprint density at radius 3 is 2.80 bits per heavy atom. The first kappa shape index (κ1) is 20.9. The minimum Gasteiger partial charge on any atom is -0.353 e. The van der Waals surface area contributed by atoms with Crippen LogP contribution in [0, 0.1) is 0 Å².